The molecule has 6 unspecified atom stereocenters. The molecule has 4 saturated carbocycles. The van der Waals surface area contributed by atoms with Gasteiger partial charge in [-0.3, -0.25) is 43.5 Å². The SMILES string of the molecule is CC1CCCC(N2C(=O)C3C4C(=O)N(C5CCCC(C)C5)C(=O)C4C4C(=O)N(C5CCCC(C)C5)C(=O)C4C3C2=O)C1. The smallest absolute Gasteiger partial charge is 0.234 e. The first kappa shape index (κ1) is 28.2. The largest absolute Gasteiger partial charge is 0.279 e. The molecule has 42 heavy (non-hydrogen) atoms. The summed E-state index contributed by atoms with van der Waals surface area (Å²) in [6, 6.07) is -0.788. The van der Waals surface area contributed by atoms with E-state index in [2.05, 4.69) is 20.8 Å². The Bertz CT molecular complexity index is 1010. The molecule has 3 saturated heterocycles. The Balaban J connectivity index is 1.31. The van der Waals surface area contributed by atoms with Gasteiger partial charge in [0.2, 0.25) is 35.4 Å². The molecule has 0 bridgehead atoms. The highest BCUT2D eigenvalue weighted by Gasteiger charge is 2.75. The van der Waals surface area contributed by atoms with Crippen LogP contribution in [0.25, 0.3) is 0 Å². The van der Waals surface area contributed by atoms with E-state index in [1.807, 2.05) is 0 Å². The minimum absolute atomic E-state index is 0.263. The molecule has 0 aromatic heterocycles. The van der Waals surface area contributed by atoms with Crippen LogP contribution in [0.1, 0.15) is 97.8 Å². The maximum Gasteiger partial charge on any atom is 0.234 e. The Kier molecular flexibility index (Phi) is 6.89. The van der Waals surface area contributed by atoms with Crippen LogP contribution in [0.3, 0.4) is 0 Å². The number of nitrogens with zero attached hydrogens (tertiary/aromatic N) is 3. The molecule has 0 N–H and O–H groups in total. The summed E-state index contributed by atoms with van der Waals surface area (Å²) in [6.45, 7) is 6.38. The molecule has 7 rings (SSSR count). The van der Waals surface area contributed by atoms with Gasteiger partial charge in [-0.25, -0.2) is 0 Å². The quantitative estimate of drug-likeness (QED) is 0.473. The van der Waals surface area contributed by atoms with Gasteiger partial charge in [0, 0.05) is 18.1 Å². The normalized spacial score (nSPS) is 45.9. The van der Waals surface area contributed by atoms with Gasteiger partial charge in [0.05, 0.1) is 35.5 Å². The van der Waals surface area contributed by atoms with Crippen molar-refractivity contribution < 1.29 is 28.8 Å². The van der Waals surface area contributed by atoms with E-state index >= 15 is 0 Å². The van der Waals surface area contributed by atoms with Gasteiger partial charge in [0.1, 0.15) is 0 Å². The summed E-state index contributed by atoms with van der Waals surface area (Å²) in [5.74, 6) is -7.61. The molecular weight excluding hydrogens is 534 g/mol. The molecule has 6 atom stereocenters. The minimum Gasteiger partial charge on any atom is -0.279 e. The fraction of sp³-hybridized carbons (Fsp3) is 0.818. The molecule has 3 heterocycles. The second kappa shape index (κ2) is 10.3. The van der Waals surface area contributed by atoms with Crippen molar-refractivity contribution in [3.8, 4) is 0 Å². The lowest BCUT2D eigenvalue weighted by Gasteiger charge is -2.36. The highest BCUT2D eigenvalue weighted by atomic mass is 16.2. The third-order valence-electron chi connectivity index (χ3n) is 12.3. The van der Waals surface area contributed by atoms with Gasteiger partial charge in [-0.05, 0) is 56.3 Å². The van der Waals surface area contributed by atoms with E-state index in [-0.39, 0.29) is 18.1 Å². The number of amides is 6. The van der Waals surface area contributed by atoms with Crippen LogP contribution in [0.2, 0.25) is 0 Å². The highest BCUT2D eigenvalue weighted by molar-refractivity contribution is 6.18. The van der Waals surface area contributed by atoms with Gasteiger partial charge in [-0.1, -0.05) is 59.3 Å². The predicted molar refractivity (Wildman–Crippen MR) is 151 cm³/mol. The van der Waals surface area contributed by atoms with E-state index in [1.165, 1.54) is 14.7 Å². The summed E-state index contributed by atoms with van der Waals surface area (Å²) in [6.07, 6.45) is 10.1. The van der Waals surface area contributed by atoms with E-state index in [0.717, 1.165) is 38.5 Å². The summed E-state index contributed by atoms with van der Waals surface area (Å²) in [5, 5.41) is 0. The van der Waals surface area contributed by atoms with Gasteiger partial charge in [-0.15, -0.1) is 0 Å². The topological polar surface area (TPSA) is 112 Å². The average molecular weight is 580 g/mol. The molecule has 6 amide bonds. The third kappa shape index (κ3) is 4.00. The van der Waals surface area contributed by atoms with Crippen LogP contribution in [0.4, 0.5) is 0 Å². The molecule has 0 aromatic carbocycles. The number of carbonyl (C=O) groups excluding carboxylic acids is 6. The minimum atomic E-state index is -1.05. The number of likely N-dealkylation sites (tertiary alicyclic amines) is 3. The lowest BCUT2D eigenvalue weighted by Crippen LogP contribution is -2.50. The zero-order valence-corrected chi connectivity index (χ0v) is 25.2. The van der Waals surface area contributed by atoms with Crippen molar-refractivity contribution in [2.45, 2.75) is 116 Å². The number of carbonyl (C=O) groups is 6. The van der Waals surface area contributed by atoms with Crippen molar-refractivity contribution in [2.24, 2.45) is 53.3 Å². The van der Waals surface area contributed by atoms with Gasteiger partial charge in [-0.2, -0.15) is 0 Å². The molecule has 4 aliphatic carbocycles. The molecule has 228 valence electrons. The van der Waals surface area contributed by atoms with Crippen LogP contribution < -0.4 is 0 Å². The lowest BCUT2D eigenvalue weighted by molar-refractivity contribution is -0.148. The number of fused-ring (bicyclic) bond motifs is 6. The van der Waals surface area contributed by atoms with Gasteiger partial charge < -0.3 is 0 Å². The molecule has 7 aliphatic rings. The molecular formula is C33H45N3O6. The van der Waals surface area contributed by atoms with Gasteiger partial charge in [0.25, 0.3) is 0 Å². The maximum absolute atomic E-state index is 14.3. The molecule has 0 radical (unpaired) electrons. The van der Waals surface area contributed by atoms with Crippen molar-refractivity contribution in [3.05, 3.63) is 0 Å². The molecule has 9 nitrogen and oxygen atoms in total. The Labute approximate surface area is 248 Å². The summed E-state index contributed by atoms with van der Waals surface area (Å²) >= 11 is 0. The standard InChI is InChI=1S/C33H45N3O6/c1-16-7-4-10-19(13-16)34-28(37)22-23(29(34)38)25-27(33(42)36(31(25)40)21-12-6-9-18(3)15-21)26-24(22)30(39)35(32(26)41)20-11-5-8-17(2)14-20/h16-27H,4-15H2,1-3H3. The molecule has 7 fully saturated rings. The van der Waals surface area contributed by atoms with Crippen LogP contribution in [0, 0.1) is 53.3 Å². The summed E-state index contributed by atoms with van der Waals surface area (Å²) in [4.78, 5) is 89.9. The number of imide groups is 3. The molecule has 9 heteroatoms. The monoisotopic (exact) mass is 579 g/mol. The van der Waals surface area contributed by atoms with Gasteiger partial charge >= 0.3 is 0 Å². The van der Waals surface area contributed by atoms with Crippen molar-refractivity contribution in [1.82, 2.24) is 14.7 Å². The zero-order valence-electron chi connectivity index (χ0n) is 25.2. The number of rotatable bonds is 3. The summed E-state index contributed by atoms with van der Waals surface area (Å²) in [5.41, 5.74) is 0. The lowest BCUT2D eigenvalue weighted by atomic mass is 9.59. The van der Waals surface area contributed by atoms with Crippen LogP contribution in [0.5, 0.6) is 0 Å². The van der Waals surface area contributed by atoms with Crippen molar-refractivity contribution in [3.63, 3.8) is 0 Å². The molecule has 3 aliphatic heterocycles. The van der Waals surface area contributed by atoms with Gasteiger partial charge in [0.15, 0.2) is 0 Å². The van der Waals surface area contributed by atoms with E-state index in [4.69, 9.17) is 0 Å². The van der Waals surface area contributed by atoms with Crippen LogP contribution in [-0.2, 0) is 28.8 Å². The Morgan fingerprint density at radius 3 is 0.786 bits per heavy atom. The molecule has 0 spiro atoms. The maximum atomic E-state index is 14.3. The van der Waals surface area contributed by atoms with E-state index in [9.17, 15) is 28.8 Å². The van der Waals surface area contributed by atoms with Crippen LogP contribution in [-0.4, -0.2) is 68.3 Å². The number of hydrogen-bond donors (Lipinski definition) is 0. The van der Waals surface area contributed by atoms with Crippen molar-refractivity contribution in [2.75, 3.05) is 0 Å². The van der Waals surface area contributed by atoms with E-state index in [0.29, 0.717) is 56.3 Å². The Morgan fingerprint density at radius 2 is 0.595 bits per heavy atom. The zero-order chi connectivity index (χ0) is 29.6. The highest BCUT2D eigenvalue weighted by Crippen LogP contribution is 2.58. The fourth-order valence-corrected chi connectivity index (χ4v) is 10.5. The average Bonchev–Trinajstić information content (AvgIpc) is 3.47. The first-order valence-electron chi connectivity index (χ1n) is 16.7. The van der Waals surface area contributed by atoms with Crippen LogP contribution >= 0.6 is 0 Å². The van der Waals surface area contributed by atoms with E-state index < -0.39 is 71.0 Å². The van der Waals surface area contributed by atoms with E-state index in [1.54, 1.807) is 0 Å². The van der Waals surface area contributed by atoms with Crippen molar-refractivity contribution in [1.29, 1.82) is 0 Å². The second-order valence-electron chi connectivity index (χ2n) is 15.1. The van der Waals surface area contributed by atoms with Crippen molar-refractivity contribution >= 4 is 35.4 Å². The second-order valence-corrected chi connectivity index (χ2v) is 15.1. The Morgan fingerprint density at radius 1 is 0.381 bits per heavy atom. The summed E-state index contributed by atoms with van der Waals surface area (Å²) < 4.78 is 0. The predicted octanol–water partition coefficient (Wildman–Crippen LogP) is 3.54. The fourth-order valence-electron chi connectivity index (χ4n) is 10.5. The molecule has 0 aromatic rings. The van der Waals surface area contributed by atoms with Crippen LogP contribution in [0.15, 0.2) is 0 Å². The third-order valence-corrected chi connectivity index (χ3v) is 12.3. The first-order valence-corrected chi connectivity index (χ1v) is 16.7. The Hall–Kier alpha value is -2.58. The number of hydrogen-bond acceptors (Lipinski definition) is 6. The summed E-state index contributed by atoms with van der Waals surface area (Å²) in [7, 11) is 0. The first-order chi connectivity index (χ1) is 20.1.